The maximum absolute atomic E-state index is 13.2. The van der Waals surface area contributed by atoms with Crippen molar-refractivity contribution in [3.8, 4) is 0 Å². The number of thiophene rings is 1. The average Bonchev–Trinajstić information content (AvgIpc) is 3.42. The van der Waals surface area contributed by atoms with Crippen LogP contribution in [0, 0.1) is 6.92 Å². The van der Waals surface area contributed by atoms with E-state index in [0.717, 1.165) is 21.2 Å². The van der Waals surface area contributed by atoms with Crippen LogP contribution in [0.1, 0.15) is 22.0 Å². The van der Waals surface area contributed by atoms with Crippen molar-refractivity contribution in [3.63, 3.8) is 0 Å². The number of rotatable bonds is 3. The van der Waals surface area contributed by atoms with Crippen molar-refractivity contribution in [1.82, 2.24) is 0 Å². The molecule has 3 aromatic carbocycles. The highest BCUT2D eigenvalue weighted by molar-refractivity contribution is 7.10. The first-order chi connectivity index (χ1) is 15.5. The summed E-state index contributed by atoms with van der Waals surface area (Å²) < 4.78 is 0. The van der Waals surface area contributed by atoms with Crippen LogP contribution in [0.2, 0.25) is 5.02 Å². The third-order valence-corrected chi connectivity index (χ3v) is 7.05. The number of benzene rings is 3. The zero-order chi connectivity index (χ0) is 22.4. The van der Waals surface area contributed by atoms with Gasteiger partial charge in [0.15, 0.2) is 0 Å². The van der Waals surface area contributed by atoms with Crippen LogP contribution in [0.3, 0.4) is 0 Å². The number of hydrogen-bond acceptors (Lipinski definition) is 4. The number of aryl methyl sites for hydroxylation is 1. The third-order valence-electron chi connectivity index (χ3n) is 5.71. The van der Waals surface area contributed by atoms with Crippen molar-refractivity contribution in [2.75, 3.05) is 4.90 Å². The van der Waals surface area contributed by atoms with E-state index in [-0.39, 0.29) is 11.3 Å². The van der Waals surface area contributed by atoms with Crippen LogP contribution in [0.25, 0.3) is 16.5 Å². The van der Waals surface area contributed by atoms with E-state index < -0.39 is 17.7 Å². The molecule has 0 radical (unpaired) electrons. The molecule has 4 aromatic rings. The molecule has 1 N–H and O–H groups in total. The monoisotopic (exact) mass is 459 g/mol. The number of aliphatic hydroxyl groups is 1. The predicted molar refractivity (Wildman–Crippen MR) is 129 cm³/mol. The zero-order valence-electron chi connectivity index (χ0n) is 17.1. The van der Waals surface area contributed by atoms with Gasteiger partial charge in [0, 0.05) is 21.2 Å². The van der Waals surface area contributed by atoms with Crippen LogP contribution in [0.4, 0.5) is 5.69 Å². The lowest BCUT2D eigenvalue weighted by Crippen LogP contribution is -2.29. The molecule has 5 rings (SSSR count). The fourth-order valence-corrected chi connectivity index (χ4v) is 5.04. The Hall–Kier alpha value is -3.41. The van der Waals surface area contributed by atoms with Crippen molar-refractivity contribution in [2.24, 2.45) is 0 Å². The number of amides is 1. The van der Waals surface area contributed by atoms with Crippen molar-refractivity contribution in [2.45, 2.75) is 13.0 Å². The van der Waals surface area contributed by atoms with Gasteiger partial charge >= 0.3 is 0 Å². The van der Waals surface area contributed by atoms with E-state index >= 15 is 0 Å². The summed E-state index contributed by atoms with van der Waals surface area (Å²) in [5.41, 5.74) is 1.95. The highest BCUT2D eigenvalue weighted by atomic mass is 35.5. The molecule has 1 aliphatic heterocycles. The Morgan fingerprint density at radius 1 is 0.969 bits per heavy atom. The number of fused-ring (bicyclic) bond motifs is 1. The lowest BCUT2D eigenvalue weighted by atomic mass is 9.98. The Labute approximate surface area is 194 Å². The summed E-state index contributed by atoms with van der Waals surface area (Å²) in [6, 6.07) is 21.5. The summed E-state index contributed by atoms with van der Waals surface area (Å²) in [4.78, 5) is 28.5. The highest BCUT2D eigenvalue weighted by Gasteiger charge is 2.47. The number of carbonyl (C=O) groups is 2. The molecular weight excluding hydrogens is 442 g/mol. The Balaban J connectivity index is 1.71. The van der Waals surface area contributed by atoms with Gasteiger partial charge in [0.25, 0.3) is 11.7 Å². The molecule has 1 fully saturated rings. The smallest absolute Gasteiger partial charge is 0.300 e. The van der Waals surface area contributed by atoms with Gasteiger partial charge in [-0.05, 0) is 52.9 Å². The average molecular weight is 460 g/mol. The molecule has 0 aliphatic carbocycles. The predicted octanol–water partition coefficient (Wildman–Crippen LogP) is 6.49. The molecular formula is C26H18ClNO3S. The second-order valence-electron chi connectivity index (χ2n) is 7.68. The van der Waals surface area contributed by atoms with Gasteiger partial charge in [-0.1, -0.05) is 60.1 Å². The van der Waals surface area contributed by atoms with Gasteiger partial charge < -0.3 is 5.11 Å². The number of hydrogen-bond donors (Lipinski definition) is 1. The van der Waals surface area contributed by atoms with E-state index in [4.69, 9.17) is 11.6 Å². The summed E-state index contributed by atoms with van der Waals surface area (Å²) in [5.74, 6) is -1.59. The number of nitrogens with zero attached hydrogens (tertiary/aromatic N) is 1. The van der Waals surface area contributed by atoms with Gasteiger partial charge in [-0.25, -0.2) is 0 Å². The number of carbonyl (C=O) groups excluding carboxylic acids is 2. The van der Waals surface area contributed by atoms with Crippen molar-refractivity contribution >= 4 is 56.8 Å². The molecule has 6 heteroatoms. The third kappa shape index (κ3) is 3.30. The molecule has 1 atom stereocenters. The number of halogens is 1. The van der Waals surface area contributed by atoms with Gasteiger partial charge in [-0.2, -0.15) is 0 Å². The van der Waals surface area contributed by atoms with Crippen molar-refractivity contribution < 1.29 is 14.7 Å². The normalized spacial score (nSPS) is 17.9. The van der Waals surface area contributed by atoms with Crippen LogP contribution in [-0.4, -0.2) is 16.8 Å². The lowest BCUT2D eigenvalue weighted by molar-refractivity contribution is -0.132. The second kappa shape index (κ2) is 7.93. The SMILES string of the molecule is Cc1ccc(N2C(=O)C(=O)/C(=C(\O)c3ccc4ccccc4c3)C2c2cccs2)cc1Cl. The Bertz CT molecular complexity index is 1410. The molecule has 158 valence electrons. The van der Waals surface area contributed by atoms with E-state index in [1.54, 1.807) is 18.2 Å². The van der Waals surface area contributed by atoms with E-state index in [9.17, 15) is 14.7 Å². The number of ketones is 1. The first kappa shape index (κ1) is 20.5. The highest BCUT2D eigenvalue weighted by Crippen LogP contribution is 2.44. The number of Topliss-reactive ketones (excluding diaryl/α,β-unsaturated/α-hetero) is 1. The molecule has 0 spiro atoms. The minimum atomic E-state index is -0.736. The summed E-state index contributed by atoms with van der Waals surface area (Å²) in [6.45, 7) is 1.87. The summed E-state index contributed by atoms with van der Waals surface area (Å²) in [7, 11) is 0. The molecule has 1 aliphatic rings. The van der Waals surface area contributed by atoms with E-state index in [2.05, 4.69) is 0 Å². The summed E-state index contributed by atoms with van der Waals surface area (Å²) in [5, 5.41) is 15.6. The molecule has 1 unspecified atom stereocenters. The number of anilines is 1. The van der Waals surface area contributed by atoms with Crippen LogP contribution in [0.5, 0.6) is 0 Å². The fraction of sp³-hybridized carbons (Fsp3) is 0.0769. The second-order valence-corrected chi connectivity index (χ2v) is 9.07. The largest absolute Gasteiger partial charge is 0.507 e. The fourth-order valence-electron chi connectivity index (χ4n) is 4.04. The molecule has 0 bridgehead atoms. The van der Waals surface area contributed by atoms with Gasteiger partial charge in [0.2, 0.25) is 0 Å². The van der Waals surface area contributed by atoms with Gasteiger partial charge in [0.05, 0.1) is 5.57 Å². The Kier molecular flexibility index (Phi) is 5.08. The summed E-state index contributed by atoms with van der Waals surface area (Å²) in [6.07, 6.45) is 0. The lowest BCUT2D eigenvalue weighted by Gasteiger charge is -2.24. The first-order valence-corrected chi connectivity index (χ1v) is 11.3. The van der Waals surface area contributed by atoms with E-state index in [0.29, 0.717) is 16.3 Å². The Morgan fingerprint density at radius 3 is 2.47 bits per heavy atom. The molecule has 1 aromatic heterocycles. The molecule has 32 heavy (non-hydrogen) atoms. The zero-order valence-corrected chi connectivity index (χ0v) is 18.7. The maximum atomic E-state index is 13.2. The molecule has 4 nitrogen and oxygen atoms in total. The minimum Gasteiger partial charge on any atom is -0.507 e. The van der Waals surface area contributed by atoms with Crippen molar-refractivity contribution in [1.29, 1.82) is 0 Å². The molecule has 1 amide bonds. The van der Waals surface area contributed by atoms with Gasteiger partial charge in [-0.15, -0.1) is 11.3 Å². The van der Waals surface area contributed by atoms with Crippen LogP contribution in [-0.2, 0) is 9.59 Å². The van der Waals surface area contributed by atoms with Crippen LogP contribution in [0.15, 0.2) is 83.7 Å². The molecule has 2 heterocycles. The van der Waals surface area contributed by atoms with E-state index in [1.807, 2.05) is 66.9 Å². The van der Waals surface area contributed by atoms with Crippen LogP contribution >= 0.6 is 22.9 Å². The maximum Gasteiger partial charge on any atom is 0.300 e. The topological polar surface area (TPSA) is 57.6 Å². The van der Waals surface area contributed by atoms with Crippen molar-refractivity contribution in [3.05, 3.63) is 105 Å². The van der Waals surface area contributed by atoms with E-state index in [1.165, 1.54) is 16.2 Å². The molecule has 0 saturated carbocycles. The van der Waals surface area contributed by atoms with Gasteiger partial charge in [-0.3, -0.25) is 14.5 Å². The van der Waals surface area contributed by atoms with Crippen LogP contribution < -0.4 is 4.90 Å². The Morgan fingerprint density at radius 2 is 1.75 bits per heavy atom. The standard InChI is InChI=1S/C26H18ClNO3S/c1-15-8-11-19(14-20(15)27)28-23(21-7-4-12-32-21)22(25(30)26(28)31)24(29)18-10-9-16-5-2-3-6-17(16)13-18/h2-14,23,29H,1H3/b24-22-. The summed E-state index contributed by atoms with van der Waals surface area (Å²) >= 11 is 7.74. The van der Waals surface area contributed by atoms with Gasteiger partial charge in [0.1, 0.15) is 11.8 Å². The molecule has 1 saturated heterocycles. The minimum absolute atomic E-state index is 0.0735. The quantitative estimate of drug-likeness (QED) is 0.216. The first-order valence-electron chi connectivity index (χ1n) is 10.1. The number of aliphatic hydroxyl groups excluding tert-OH is 1.